The van der Waals surface area contributed by atoms with Crippen molar-refractivity contribution in [1.82, 2.24) is 4.90 Å². The highest BCUT2D eigenvalue weighted by Gasteiger charge is 2.10. The lowest BCUT2D eigenvalue weighted by molar-refractivity contribution is 0.246. The van der Waals surface area contributed by atoms with Crippen LogP contribution in [0.1, 0.15) is 18.4 Å². The molecule has 1 heterocycles. The third-order valence-corrected chi connectivity index (χ3v) is 3.52. The van der Waals surface area contributed by atoms with Crippen molar-refractivity contribution in [2.24, 2.45) is 0 Å². The Morgan fingerprint density at radius 1 is 0.882 bits per heavy atom. The number of benzene rings is 2. The fourth-order valence-electron chi connectivity index (χ4n) is 2.56. The number of hydrogen-bond donors (Lipinski definition) is 0. The van der Waals surface area contributed by atoms with Crippen molar-refractivity contribution in [3.63, 3.8) is 0 Å². The van der Waals surface area contributed by atoms with Crippen molar-refractivity contribution >= 4 is 10.8 Å². The van der Waals surface area contributed by atoms with Gasteiger partial charge in [0.15, 0.2) is 0 Å². The van der Waals surface area contributed by atoms with Gasteiger partial charge in [-0.2, -0.15) is 0 Å². The average Bonchev–Trinajstić information content (AvgIpc) is 2.40. The van der Waals surface area contributed by atoms with Crippen LogP contribution in [0.5, 0.6) is 0 Å². The van der Waals surface area contributed by atoms with E-state index in [1.54, 1.807) is 0 Å². The van der Waals surface area contributed by atoms with E-state index in [1.165, 1.54) is 42.3 Å². The van der Waals surface area contributed by atoms with Gasteiger partial charge in [-0.15, -0.1) is 0 Å². The second kappa shape index (κ2) is 4.89. The van der Waals surface area contributed by atoms with Crippen LogP contribution in [0.2, 0.25) is 0 Å². The second-order valence-electron chi connectivity index (χ2n) is 4.82. The molecule has 3 rings (SSSR count). The molecular weight excluding hydrogens is 206 g/mol. The fraction of sp³-hybridized carbons (Fsp3) is 0.312. The highest BCUT2D eigenvalue weighted by molar-refractivity contribution is 5.82. The number of rotatable bonds is 2. The normalized spacial score (nSPS) is 17.4. The van der Waals surface area contributed by atoms with Crippen LogP contribution < -0.4 is 0 Å². The van der Waals surface area contributed by atoms with Crippen molar-refractivity contribution in [2.45, 2.75) is 19.4 Å². The number of likely N-dealkylation sites (tertiary alicyclic amines) is 1. The summed E-state index contributed by atoms with van der Waals surface area (Å²) in [4.78, 5) is 2.55. The summed E-state index contributed by atoms with van der Waals surface area (Å²) >= 11 is 0. The van der Waals surface area contributed by atoms with Gasteiger partial charge >= 0.3 is 0 Å². The van der Waals surface area contributed by atoms with E-state index in [-0.39, 0.29) is 0 Å². The topological polar surface area (TPSA) is 3.24 Å². The van der Waals surface area contributed by atoms with Crippen LogP contribution in [0.15, 0.2) is 42.5 Å². The van der Waals surface area contributed by atoms with Crippen molar-refractivity contribution in [2.75, 3.05) is 13.1 Å². The summed E-state index contributed by atoms with van der Waals surface area (Å²) in [6.07, 6.45) is 4.89. The summed E-state index contributed by atoms with van der Waals surface area (Å²) in [5.41, 5.74) is 1.44. The Hall–Kier alpha value is -1.34. The van der Waals surface area contributed by atoms with E-state index in [2.05, 4.69) is 53.8 Å². The minimum atomic E-state index is 1.10. The highest BCUT2D eigenvalue weighted by atomic mass is 15.1. The SMILES string of the molecule is [CH]1CCN(Cc2ccc3ccccc3c2)CC1. The number of hydrogen-bond acceptors (Lipinski definition) is 1. The van der Waals surface area contributed by atoms with Gasteiger partial charge in [0, 0.05) is 6.54 Å². The molecule has 1 nitrogen and oxygen atoms in total. The summed E-state index contributed by atoms with van der Waals surface area (Å²) in [6, 6.07) is 15.4. The second-order valence-corrected chi connectivity index (χ2v) is 4.82. The smallest absolute Gasteiger partial charge is 0.0233 e. The van der Waals surface area contributed by atoms with Gasteiger partial charge in [0.05, 0.1) is 0 Å². The Balaban J connectivity index is 1.80. The van der Waals surface area contributed by atoms with E-state index in [0.29, 0.717) is 0 Å². The Labute approximate surface area is 103 Å². The lowest BCUT2D eigenvalue weighted by atomic mass is 10.1. The molecule has 1 radical (unpaired) electrons. The van der Waals surface area contributed by atoms with Crippen LogP contribution in [-0.4, -0.2) is 18.0 Å². The van der Waals surface area contributed by atoms with Crippen molar-refractivity contribution in [3.8, 4) is 0 Å². The molecule has 0 N–H and O–H groups in total. The number of fused-ring (bicyclic) bond motifs is 1. The van der Waals surface area contributed by atoms with Gasteiger partial charge in [0.2, 0.25) is 0 Å². The third-order valence-electron chi connectivity index (χ3n) is 3.52. The maximum absolute atomic E-state index is 2.55. The zero-order valence-corrected chi connectivity index (χ0v) is 10.1. The molecule has 0 unspecified atom stereocenters. The van der Waals surface area contributed by atoms with E-state index in [4.69, 9.17) is 0 Å². The maximum Gasteiger partial charge on any atom is 0.0233 e. The third kappa shape index (κ3) is 2.50. The molecule has 0 atom stereocenters. The van der Waals surface area contributed by atoms with E-state index < -0.39 is 0 Å². The first-order valence-electron chi connectivity index (χ1n) is 6.43. The lowest BCUT2D eigenvalue weighted by Crippen LogP contribution is -2.29. The zero-order chi connectivity index (χ0) is 11.5. The van der Waals surface area contributed by atoms with E-state index in [9.17, 15) is 0 Å². The van der Waals surface area contributed by atoms with Gasteiger partial charge in [0.1, 0.15) is 0 Å². The Morgan fingerprint density at radius 2 is 1.65 bits per heavy atom. The van der Waals surface area contributed by atoms with Crippen molar-refractivity contribution in [1.29, 1.82) is 0 Å². The summed E-state index contributed by atoms with van der Waals surface area (Å²) in [5, 5.41) is 2.69. The first-order valence-corrected chi connectivity index (χ1v) is 6.43. The Morgan fingerprint density at radius 3 is 2.47 bits per heavy atom. The zero-order valence-electron chi connectivity index (χ0n) is 10.1. The van der Waals surface area contributed by atoms with Gasteiger partial charge in [-0.25, -0.2) is 0 Å². The predicted molar refractivity (Wildman–Crippen MR) is 72.8 cm³/mol. The molecule has 1 saturated heterocycles. The summed E-state index contributed by atoms with van der Waals surface area (Å²) < 4.78 is 0. The minimum Gasteiger partial charge on any atom is -0.299 e. The largest absolute Gasteiger partial charge is 0.299 e. The van der Waals surface area contributed by atoms with Crippen molar-refractivity contribution < 1.29 is 0 Å². The van der Waals surface area contributed by atoms with Gasteiger partial charge in [-0.1, -0.05) is 36.4 Å². The molecule has 0 bridgehead atoms. The van der Waals surface area contributed by atoms with Crippen LogP contribution in [0.4, 0.5) is 0 Å². The summed E-state index contributed by atoms with van der Waals surface area (Å²) in [5.74, 6) is 0. The molecular formula is C16H18N. The summed E-state index contributed by atoms with van der Waals surface area (Å²) in [6.45, 7) is 3.53. The molecule has 0 spiro atoms. The van der Waals surface area contributed by atoms with E-state index >= 15 is 0 Å². The van der Waals surface area contributed by atoms with Crippen LogP contribution >= 0.6 is 0 Å². The molecule has 1 aliphatic rings. The van der Waals surface area contributed by atoms with E-state index in [0.717, 1.165) is 6.54 Å². The molecule has 1 fully saturated rings. The van der Waals surface area contributed by atoms with Crippen LogP contribution in [-0.2, 0) is 6.54 Å². The fourth-order valence-corrected chi connectivity index (χ4v) is 2.56. The van der Waals surface area contributed by atoms with Gasteiger partial charge < -0.3 is 0 Å². The standard InChI is InChI=1S/C16H18N/c1-4-10-17(11-5-1)13-14-8-9-15-6-2-3-7-16(15)12-14/h1-3,6-9,12H,4-5,10-11,13H2. The van der Waals surface area contributed by atoms with Crippen LogP contribution in [0.3, 0.4) is 0 Å². The number of nitrogens with zero attached hydrogens (tertiary/aromatic N) is 1. The monoisotopic (exact) mass is 224 g/mol. The molecule has 1 heteroatoms. The predicted octanol–water partition coefficient (Wildman–Crippen LogP) is 3.64. The minimum absolute atomic E-state index is 1.10. The molecule has 1 aliphatic heterocycles. The summed E-state index contributed by atoms with van der Waals surface area (Å²) in [7, 11) is 0. The van der Waals surface area contributed by atoms with E-state index in [1.807, 2.05) is 0 Å². The van der Waals surface area contributed by atoms with Gasteiger partial charge in [0.25, 0.3) is 0 Å². The Bertz CT molecular complexity index is 498. The first-order chi connectivity index (χ1) is 8.42. The molecule has 0 saturated carbocycles. The first kappa shape index (κ1) is 10.8. The van der Waals surface area contributed by atoms with Gasteiger partial charge in [-0.05, 0) is 54.8 Å². The molecule has 87 valence electrons. The maximum atomic E-state index is 2.55. The Kier molecular flexibility index (Phi) is 3.10. The molecule has 2 aromatic carbocycles. The average molecular weight is 224 g/mol. The molecule has 0 amide bonds. The molecule has 2 aromatic rings. The quantitative estimate of drug-likeness (QED) is 0.752. The van der Waals surface area contributed by atoms with Crippen molar-refractivity contribution in [3.05, 3.63) is 54.4 Å². The lowest BCUT2D eigenvalue weighted by Gasteiger charge is -2.26. The highest BCUT2D eigenvalue weighted by Crippen LogP contribution is 2.18. The van der Waals surface area contributed by atoms with Crippen LogP contribution in [0, 0.1) is 6.42 Å². The number of piperidine rings is 1. The van der Waals surface area contributed by atoms with Crippen LogP contribution in [0.25, 0.3) is 10.8 Å². The molecule has 0 aliphatic carbocycles. The van der Waals surface area contributed by atoms with Gasteiger partial charge in [-0.3, -0.25) is 4.90 Å². The molecule has 17 heavy (non-hydrogen) atoms. The molecule has 0 aromatic heterocycles.